The van der Waals surface area contributed by atoms with Crippen LogP contribution in [0.25, 0.3) is 0 Å². The first-order chi connectivity index (χ1) is 9.54. The molecule has 1 atom stereocenters. The third-order valence-electron chi connectivity index (χ3n) is 4.21. The quantitative estimate of drug-likeness (QED) is 0.791. The number of anilines is 1. The average molecular weight is 285 g/mol. The Morgan fingerprint density at radius 3 is 2.60 bits per heavy atom. The van der Waals surface area contributed by atoms with Crippen molar-refractivity contribution in [3.8, 4) is 0 Å². The van der Waals surface area contributed by atoms with Gasteiger partial charge in [-0.25, -0.2) is 4.98 Å². The molecule has 0 aliphatic carbocycles. The Hall–Kier alpha value is -1.30. The second-order valence-electron chi connectivity index (χ2n) is 5.53. The van der Waals surface area contributed by atoms with Gasteiger partial charge in [-0.3, -0.25) is 4.90 Å². The summed E-state index contributed by atoms with van der Waals surface area (Å²) < 4.78 is 37.6. The van der Waals surface area contributed by atoms with Gasteiger partial charge in [-0.1, -0.05) is 0 Å². The zero-order valence-corrected chi connectivity index (χ0v) is 11.2. The number of halogens is 3. The molecule has 2 saturated heterocycles. The highest BCUT2D eigenvalue weighted by molar-refractivity contribution is 5.45. The van der Waals surface area contributed by atoms with Crippen LogP contribution in [-0.4, -0.2) is 42.1 Å². The van der Waals surface area contributed by atoms with Gasteiger partial charge < -0.3 is 4.90 Å². The van der Waals surface area contributed by atoms with Crippen molar-refractivity contribution in [2.45, 2.75) is 31.5 Å². The summed E-state index contributed by atoms with van der Waals surface area (Å²) >= 11 is 0. The molecule has 0 spiro atoms. The molecule has 1 unspecified atom stereocenters. The molecule has 2 aliphatic rings. The van der Waals surface area contributed by atoms with Crippen LogP contribution in [0.5, 0.6) is 0 Å². The summed E-state index contributed by atoms with van der Waals surface area (Å²) in [4.78, 5) is 8.23. The Morgan fingerprint density at radius 1 is 1.10 bits per heavy atom. The molecule has 0 aromatic carbocycles. The highest BCUT2D eigenvalue weighted by atomic mass is 19.4. The molecule has 3 heterocycles. The van der Waals surface area contributed by atoms with E-state index in [9.17, 15) is 13.2 Å². The summed E-state index contributed by atoms with van der Waals surface area (Å²) in [6.45, 7) is 4.03. The normalized spacial score (nSPS) is 24.6. The lowest BCUT2D eigenvalue weighted by molar-refractivity contribution is -0.141. The summed E-state index contributed by atoms with van der Waals surface area (Å²) in [5.41, 5.74) is -0.0229. The number of pyridine rings is 1. The van der Waals surface area contributed by atoms with Gasteiger partial charge in [0.1, 0.15) is 5.69 Å². The standard InChI is InChI=1S/C14H18F3N3/c15-14(16,17)13-5-4-11(9-18-13)20-8-2-7-19-6-1-3-12(19)10-20/h4-5,9,12H,1-3,6-8,10H2. The van der Waals surface area contributed by atoms with E-state index in [-0.39, 0.29) is 0 Å². The smallest absolute Gasteiger partial charge is 0.369 e. The molecule has 2 aliphatic heterocycles. The van der Waals surface area contributed by atoms with Crippen molar-refractivity contribution >= 4 is 5.69 Å². The maximum Gasteiger partial charge on any atom is 0.433 e. The Labute approximate surface area is 116 Å². The fourth-order valence-corrected chi connectivity index (χ4v) is 3.18. The molecule has 1 aromatic rings. The first-order valence-corrected chi connectivity index (χ1v) is 7.06. The van der Waals surface area contributed by atoms with Crippen LogP contribution >= 0.6 is 0 Å². The largest absolute Gasteiger partial charge is 0.433 e. The first kappa shape index (κ1) is 13.7. The van der Waals surface area contributed by atoms with Gasteiger partial charge in [-0.2, -0.15) is 13.2 Å². The average Bonchev–Trinajstić information content (AvgIpc) is 2.75. The second kappa shape index (κ2) is 5.24. The van der Waals surface area contributed by atoms with Crippen molar-refractivity contribution < 1.29 is 13.2 Å². The van der Waals surface area contributed by atoms with E-state index in [1.165, 1.54) is 19.0 Å². The van der Waals surface area contributed by atoms with Crippen molar-refractivity contribution in [2.75, 3.05) is 31.1 Å². The molecule has 3 rings (SSSR count). The Morgan fingerprint density at radius 2 is 1.90 bits per heavy atom. The topological polar surface area (TPSA) is 19.4 Å². The van der Waals surface area contributed by atoms with E-state index >= 15 is 0 Å². The van der Waals surface area contributed by atoms with E-state index in [1.807, 2.05) is 0 Å². The molecule has 0 amide bonds. The molecule has 20 heavy (non-hydrogen) atoms. The monoisotopic (exact) mass is 285 g/mol. The van der Waals surface area contributed by atoms with E-state index in [2.05, 4.69) is 14.8 Å². The van der Waals surface area contributed by atoms with E-state index in [4.69, 9.17) is 0 Å². The first-order valence-electron chi connectivity index (χ1n) is 7.06. The predicted octanol–water partition coefficient (Wildman–Crippen LogP) is 2.77. The van der Waals surface area contributed by atoms with Crippen LogP contribution in [-0.2, 0) is 6.18 Å². The third kappa shape index (κ3) is 2.75. The van der Waals surface area contributed by atoms with E-state index in [1.54, 1.807) is 6.07 Å². The van der Waals surface area contributed by atoms with Gasteiger partial charge in [-0.05, 0) is 37.9 Å². The van der Waals surface area contributed by atoms with Crippen molar-refractivity contribution in [1.82, 2.24) is 9.88 Å². The fraction of sp³-hybridized carbons (Fsp3) is 0.643. The molecular formula is C14H18F3N3. The molecule has 110 valence electrons. The minimum absolute atomic E-state index is 0.541. The molecule has 0 bridgehead atoms. The van der Waals surface area contributed by atoms with Crippen LogP contribution in [0.3, 0.4) is 0 Å². The molecule has 0 saturated carbocycles. The van der Waals surface area contributed by atoms with E-state index in [0.29, 0.717) is 6.04 Å². The lowest BCUT2D eigenvalue weighted by atomic mass is 10.2. The van der Waals surface area contributed by atoms with Crippen LogP contribution in [0.15, 0.2) is 18.3 Å². The van der Waals surface area contributed by atoms with Gasteiger partial charge in [-0.15, -0.1) is 0 Å². The Balaban J connectivity index is 1.75. The molecule has 6 heteroatoms. The number of hydrogen-bond acceptors (Lipinski definition) is 3. The summed E-state index contributed by atoms with van der Waals surface area (Å²) in [7, 11) is 0. The van der Waals surface area contributed by atoms with Gasteiger partial charge in [0, 0.05) is 25.7 Å². The van der Waals surface area contributed by atoms with Crippen molar-refractivity contribution in [3.63, 3.8) is 0 Å². The summed E-state index contributed by atoms with van der Waals surface area (Å²) in [5, 5.41) is 0. The minimum Gasteiger partial charge on any atom is -0.369 e. The number of alkyl halides is 3. The molecule has 1 aromatic heterocycles. The van der Waals surface area contributed by atoms with Gasteiger partial charge >= 0.3 is 6.18 Å². The zero-order chi connectivity index (χ0) is 14.2. The second-order valence-corrected chi connectivity index (χ2v) is 5.53. The summed E-state index contributed by atoms with van der Waals surface area (Å²) in [6.07, 6.45) is 0.457. The highest BCUT2D eigenvalue weighted by Gasteiger charge is 2.33. The molecule has 0 radical (unpaired) electrons. The molecular weight excluding hydrogens is 267 g/mol. The Bertz CT molecular complexity index is 458. The van der Waals surface area contributed by atoms with Gasteiger partial charge in [0.15, 0.2) is 0 Å². The predicted molar refractivity (Wildman–Crippen MR) is 70.7 cm³/mol. The number of fused-ring (bicyclic) bond motifs is 1. The van der Waals surface area contributed by atoms with Gasteiger partial charge in [0.25, 0.3) is 0 Å². The van der Waals surface area contributed by atoms with Gasteiger partial charge in [0.05, 0.1) is 11.9 Å². The number of aromatic nitrogens is 1. The lowest BCUT2D eigenvalue weighted by Crippen LogP contribution is -2.36. The molecule has 3 nitrogen and oxygen atoms in total. The fourth-order valence-electron chi connectivity index (χ4n) is 3.18. The van der Waals surface area contributed by atoms with Crippen LogP contribution in [0, 0.1) is 0 Å². The van der Waals surface area contributed by atoms with Crippen LogP contribution in [0.1, 0.15) is 25.0 Å². The SMILES string of the molecule is FC(F)(F)c1ccc(N2CCCN3CCCC3C2)cn1. The summed E-state index contributed by atoms with van der Waals surface area (Å²) in [5.74, 6) is 0. The summed E-state index contributed by atoms with van der Waals surface area (Å²) in [6, 6.07) is 3.16. The van der Waals surface area contributed by atoms with Crippen LogP contribution in [0.2, 0.25) is 0 Å². The molecule has 2 fully saturated rings. The van der Waals surface area contributed by atoms with E-state index in [0.717, 1.165) is 44.4 Å². The lowest BCUT2D eigenvalue weighted by Gasteiger charge is -2.27. The van der Waals surface area contributed by atoms with E-state index < -0.39 is 11.9 Å². The highest BCUT2D eigenvalue weighted by Crippen LogP contribution is 2.29. The Kier molecular flexibility index (Phi) is 3.58. The number of hydrogen-bond donors (Lipinski definition) is 0. The van der Waals surface area contributed by atoms with Crippen molar-refractivity contribution in [3.05, 3.63) is 24.0 Å². The zero-order valence-electron chi connectivity index (χ0n) is 11.2. The van der Waals surface area contributed by atoms with Gasteiger partial charge in [0.2, 0.25) is 0 Å². The van der Waals surface area contributed by atoms with Crippen molar-refractivity contribution in [2.24, 2.45) is 0 Å². The van der Waals surface area contributed by atoms with Crippen molar-refractivity contribution in [1.29, 1.82) is 0 Å². The number of nitrogens with zero attached hydrogens (tertiary/aromatic N) is 3. The minimum atomic E-state index is -4.36. The maximum atomic E-state index is 12.5. The number of rotatable bonds is 1. The third-order valence-corrected chi connectivity index (χ3v) is 4.21. The van der Waals surface area contributed by atoms with Crippen LogP contribution < -0.4 is 4.90 Å². The van der Waals surface area contributed by atoms with Crippen LogP contribution in [0.4, 0.5) is 18.9 Å². The maximum absolute atomic E-state index is 12.5. The molecule has 0 N–H and O–H groups in total.